The summed E-state index contributed by atoms with van der Waals surface area (Å²) in [5.74, 6) is -1.41. The Morgan fingerprint density at radius 1 is 1.50 bits per heavy atom. The average molecular weight is 145 g/mol. The molecule has 0 N–H and O–H groups in total. The van der Waals surface area contributed by atoms with Gasteiger partial charge in [0, 0.05) is 12.9 Å². The molecule has 0 heterocycles. The second-order valence-corrected chi connectivity index (χ2v) is 1.27. The largest absolute Gasteiger partial charge is 0.550 e. The zero-order chi connectivity index (χ0) is 8.57. The maximum absolute atomic E-state index is 9.75. The van der Waals surface area contributed by atoms with Crippen LogP contribution in [0.3, 0.4) is 0 Å². The summed E-state index contributed by atoms with van der Waals surface area (Å²) >= 11 is 0. The van der Waals surface area contributed by atoms with Crippen LogP contribution in [0.5, 0.6) is 0 Å². The first kappa shape index (κ1) is 11.5. The van der Waals surface area contributed by atoms with Gasteiger partial charge in [-0.2, -0.15) is 0 Å². The summed E-state index contributed by atoms with van der Waals surface area (Å²) in [5, 5.41) is 8.89. The molecule has 0 saturated heterocycles. The van der Waals surface area contributed by atoms with E-state index >= 15 is 0 Å². The number of carbonyl (C=O) groups is 2. The lowest BCUT2D eigenvalue weighted by atomic mass is 10.8. The van der Waals surface area contributed by atoms with Crippen LogP contribution in [-0.2, 0) is 14.3 Å². The number of carbonyl (C=O) groups excluding carboxylic acids is 2. The molecular weight excluding hydrogens is 136 g/mol. The summed E-state index contributed by atoms with van der Waals surface area (Å²) in [5.41, 5.74) is 0. The van der Waals surface area contributed by atoms with Crippen molar-refractivity contribution in [3.8, 4) is 0 Å². The molecule has 0 radical (unpaired) electrons. The van der Waals surface area contributed by atoms with Gasteiger partial charge in [0.05, 0.1) is 6.26 Å². The quantitative estimate of drug-likeness (QED) is 0.366. The van der Waals surface area contributed by atoms with E-state index in [2.05, 4.69) is 11.3 Å². The van der Waals surface area contributed by atoms with E-state index in [1.807, 2.05) is 0 Å². The van der Waals surface area contributed by atoms with Gasteiger partial charge in [0.25, 0.3) is 0 Å². The molecule has 0 aliphatic rings. The first-order valence-electron chi connectivity index (χ1n) is 2.46. The molecular formula is C6H9O4-. The minimum absolute atomic E-state index is 0.329. The van der Waals surface area contributed by atoms with Crippen molar-refractivity contribution < 1.29 is 19.4 Å². The fourth-order valence-electron chi connectivity index (χ4n) is 0.117. The number of carboxylic acids is 1. The van der Waals surface area contributed by atoms with Crippen molar-refractivity contribution >= 4 is 11.9 Å². The first-order valence-corrected chi connectivity index (χ1v) is 2.46. The normalized spacial score (nSPS) is 6.60. The third-order valence-electron chi connectivity index (χ3n) is 0.249. The van der Waals surface area contributed by atoms with E-state index in [0.717, 1.165) is 13.2 Å². The van der Waals surface area contributed by atoms with Gasteiger partial charge >= 0.3 is 5.97 Å². The van der Waals surface area contributed by atoms with E-state index in [9.17, 15) is 4.79 Å². The number of rotatable bonds is 1. The van der Waals surface area contributed by atoms with E-state index in [1.165, 1.54) is 6.92 Å². The molecule has 4 heteroatoms. The van der Waals surface area contributed by atoms with E-state index < -0.39 is 5.97 Å². The summed E-state index contributed by atoms with van der Waals surface area (Å²) in [4.78, 5) is 18.6. The predicted molar refractivity (Wildman–Crippen MR) is 32.6 cm³/mol. The zero-order valence-electron chi connectivity index (χ0n) is 5.92. The highest BCUT2D eigenvalue weighted by Crippen LogP contribution is 1.70. The van der Waals surface area contributed by atoms with E-state index in [-0.39, 0.29) is 5.97 Å². The maximum atomic E-state index is 9.75. The molecule has 0 amide bonds. The third kappa shape index (κ3) is 76.4. The van der Waals surface area contributed by atoms with Crippen LogP contribution >= 0.6 is 0 Å². The molecule has 0 bridgehead atoms. The molecule has 0 unspecified atom stereocenters. The van der Waals surface area contributed by atoms with Crippen LogP contribution in [0.4, 0.5) is 0 Å². The molecule has 0 atom stereocenters. The Morgan fingerprint density at radius 2 is 1.80 bits per heavy atom. The summed E-state index contributed by atoms with van der Waals surface area (Å²) in [6, 6.07) is 0. The van der Waals surface area contributed by atoms with Crippen LogP contribution in [0.1, 0.15) is 13.8 Å². The monoisotopic (exact) mass is 145 g/mol. The van der Waals surface area contributed by atoms with Crippen molar-refractivity contribution in [2.45, 2.75) is 13.8 Å². The molecule has 0 spiro atoms. The number of ether oxygens (including phenoxy) is 1. The van der Waals surface area contributed by atoms with Crippen molar-refractivity contribution in [3.63, 3.8) is 0 Å². The van der Waals surface area contributed by atoms with Gasteiger partial charge in [-0.05, 0) is 6.92 Å². The number of esters is 1. The minimum Gasteiger partial charge on any atom is -0.550 e. The fraction of sp³-hybridized carbons (Fsp3) is 0.333. The maximum Gasteiger partial charge on any atom is 0.307 e. The smallest absolute Gasteiger partial charge is 0.307 e. The standard InChI is InChI=1S/C4H6O2.C2H4O2/c1-3-6-4(2)5;1-2(3)4/h3H,1H2,2H3;1H3,(H,3,4)/p-1. The molecule has 0 aromatic carbocycles. The van der Waals surface area contributed by atoms with Crippen LogP contribution < -0.4 is 5.11 Å². The Bertz CT molecular complexity index is 124. The van der Waals surface area contributed by atoms with Crippen molar-refractivity contribution in [2.75, 3.05) is 0 Å². The highest BCUT2D eigenvalue weighted by Gasteiger charge is 1.79. The third-order valence-corrected chi connectivity index (χ3v) is 0.249. The number of hydrogen-bond acceptors (Lipinski definition) is 4. The van der Waals surface area contributed by atoms with Gasteiger partial charge in [0.15, 0.2) is 0 Å². The molecule has 58 valence electrons. The summed E-state index contributed by atoms with van der Waals surface area (Å²) in [6.45, 7) is 5.45. The van der Waals surface area contributed by atoms with Gasteiger partial charge in [-0.1, -0.05) is 6.58 Å². The lowest BCUT2D eigenvalue weighted by Crippen LogP contribution is -2.16. The van der Waals surface area contributed by atoms with Crippen LogP contribution in [-0.4, -0.2) is 11.9 Å². The van der Waals surface area contributed by atoms with Crippen LogP contribution in [0.15, 0.2) is 12.8 Å². The Morgan fingerprint density at radius 3 is 1.80 bits per heavy atom. The van der Waals surface area contributed by atoms with Crippen molar-refractivity contribution in [1.29, 1.82) is 0 Å². The van der Waals surface area contributed by atoms with Crippen molar-refractivity contribution in [3.05, 3.63) is 12.8 Å². The Labute approximate surface area is 59.1 Å². The average Bonchev–Trinajstić information content (AvgIpc) is 1.62. The molecule has 10 heavy (non-hydrogen) atoms. The van der Waals surface area contributed by atoms with E-state index in [4.69, 9.17) is 9.90 Å². The summed E-state index contributed by atoms with van der Waals surface area (Å²) < 4.78 is 4.17. The molecule has 0 aromatic rings. The number of aliphatic carboxylic acids is 1. The van der Waals surface area contributed by atoms with Crippen molar-refractivity contribution in [1.82, 2.24) is 0 Å². The topological polar surface area (TPSA) is 66.4 Å². The predicted octanol–water partition coefficient (Wildman–Crippen LogP) is -0.551. The van der Waals surface area contributed by atoms with E-state index in [1.54, 1.807) is 0 Å². The zero-order valence-corrected chi connectivity index (χ0v) is 5.92. The highest BCUT2D eigenvalue weighted by atomic mass is 16.5. The molecule has 4 nitrogen and oxygen atoms in total. The summed E-state index contributed by atoms with van der Waals surface area (Å²) in [7, 11) is 0. The van der Waals surface area contributed by atoms with Gasteiger partial charge in [0.1, 0.15) is 0 Å². The van der Waals surface area contributed by atoms with Gasteiger partial charge in [0.2, 0.25) is 0 Å². The highest BCUT2D eigenvalue weighted by molar-refractivity contribution is 5.66. The van der Waals surface area contributed by atoms with E-state index in [0.29, 0.717) is 0 Å². The van der Waals surface area contributed by atoms with Crippen LogP contribution in [0.25, 0.3) is 0 Å². The molecule has 0 saturated carbocycles. The molecule has 0 aliphatic heterocycles. The second kappa shape index (κ2) is 7.68. The molecule has 0 fully saturated rings. The number of carboxylic acid groups (broad SMARTS) is 1. The minimum atomic E-state index is -1.08. The van der Waals surface area contributed by atoms with Gasteiger partial charge < -0.3 is 14.6 Å². The lowest BCUT2D eigenvalue weighted by Gasteiger charge is -1.83. The van der Waals surface area contributed by atoms with Crippen LogP contribution in [0, 0.1) is 0 Å². The SMILES string of the molecule is C=COC(C)=O.CC(=O)[O-]. The summed E-state index contributed by atoms with van der Waals surface area (Å²) in [6.07, 6.45) is 1.10. The molecule has 0 rings (SSSR count). The van der Waals surface area contributed by atoms with Crippen molar-refractivity contribution in [2.24, 2.45) is 0 Å². The Balaban J connectivity index is 0. The fourth-order valence-corrected chi connectivity index (χ4v) is 0.117. The number of hydrogen-bond donors (Lipinski definition) is 0. The Kier molecular flexibility index (Phi) is 8.81. The van der Waals surface area contributed by atoms with Gasteiger partial charge in [-0.25, -0.2) is 0 Å². The second-order valence-electron chi connectivity index (χ2n) is 1.27. The van der Waals surface area contributed by atoms with Gasteiger partial charge in [-0.3, -0.25) is 4.79 Å². The first-order chi connectivity index (χ1) is 4.50. The van der Waals surface area contributed by atoms with Gasteiger partial charge in [-0.15, -0.1) is 0 Å². The van der Waals surface area contributed by atoms with Crippen LogP contribution in [0.2, 0.25) is 0 Å². The lowest BCUT2D eigenvalue weighted by molar-refractivity contribution is -0.302. The Hall–Kier alpha value is -1.32. The molecule has 0 aliphatic carbocycles. The molecule has 0 aromatic heterocycles.